The number of aliphatic imine (C=N–C) groups is 2. The van der Waals surface area contributed by atoms with Crippen molar-refractivity contribution >= 4 is 18.4 Å². The summed E-state index contributed by atoms with van der Waals surface area (Å²) >= 11 is 0. The van der Waals surface area contributed by atoms with Gasteiger partial charge in [0.15, 0.2) is 0 Å². The zero-order valence-corrected chi connectivity index (χ0v) is 9.47. The maximum absolute atomic E-state index is 11.0. The van der Waals surface area contributed by atoms with Crippen LogP contribution in [0.25, 0.3) is 0 Å². The Hall–Kier alpha value is -1.49. The predicted molar refractivity (Wildman–Crippen MR) is 64.5 cm³/mol. The van der Waals surface area contributed by atoms with Crippen molar-refractivity contribution < 1.29 is 9.90 Å². The smallest absolute Gasteiger partial charge is 0.336 e. The third kappa shape index (κ3) is 1.61. The van der Waals surface area contributed by atoms with Crippen LogP contribution in [0.15, 0.2) is 21.6 Å². The quantitative estimate of drug-likeness (QED) is 0.691. The van der Waals surface area contributed by atoms with Crippen LogP contribution in [0.3, 0.4) is 0 Å². The van der Waals surface area contributed by atoms with E-state index in [2.05, 4.69) is 15.3 Å². The van der Waals surface area contributed by atoms with Gasteiger partial charge in [0.25, 0.3) is 0 Å². The molecule has 0 aromatic carbocycles. The summed E-state index contributed by atoms with van der Waals surface area (Å²) in [6.45, 7) is 1.93. The summed E-state index contributed by atoms with van der Waals surface area (Å²) < 4.78 is 0. The predicted octanol–water partition coefficient (Wildman–Crippen LogP) is 0.478. The average Bonchev–Trinajstić information content (AvgIpc) is 2.69. The van der Waals surface area contributed by atoms with E-state index in [0.717, 1.165) is 25.9 Å². The number of carbonyl (C=O) groups is 1. The summed E-state index contributed by atoms with van der Waals surface area (Å²) in [4.78, 5) is 19.7. The number of dihydropyridines is 1. The zero-order chi connectivity index (χ0) is 11.9. The van der Waals surface area contributed by atoms with E-state index in [4.69, 9.17) is 5.11 Å². The van der Waals surface area contributed by atoms with E-state index in [1.165, 1.54) is 6.21 Å². The summed E-state index contributed by atoms with van der Waals surface area (Å²) in [7, 11) is 0. The molecule has 2 N–H and O–H groups in total. The van der Waals surface area contributed by atoms with E-state index in [-0.39, 0.29) is 17.5 Å². The molecule has 90 valence electrons. The van der Waals surface area contributed by atoms with Gasteiger partial charge in [-0.3, -0.25) is 9.98 Å². The second kappa shape index (κ2) is 3.77. The fraction of sp³-hybridized carbons (Fsp3) is 0.583. The minimum atomic E-state index is -0.900. The Morgan fingerprint density at radius 2 is 2.18 bits per heavy atom. The van der Waals surface area contributed by atoms with Crippen LogP contribution >= 0.6 is 0 Å². The van der Waals surface area contributed by atoms with Crippen LogP contribution in [0.2, 0.25) is 0 Å². The molecule has 5 nitrogen and oxygen atoms in total. The minimum Gasteiger partial charge on any atom is -0.478 e. The first-order chi connectivity index (χ1) is 8.21. The Balaban J connectivity index is 1.92. The number of piperidine rings is 1. The molecular weight excluding hydrogens is 218 g/mol. The largest absolute Gasteiger partial charge is 0.478 e. The molecule has 5 heteroatoms. The van der Waals surface area contributed by atoms with Crippen molar-refractivity contribution in [1.29, 1.82) is 0 Å². The second-order valence-corrected chi connectivity index (χ2v) is 4.91. The van der Waals surface area contributed by atoms with Crippen molar-refractivity contribution in [2.75, 3.05) is 13.1 Å². The van der Waals surface area contributed by atoms with Crippen molar-refractivity contribution in [2.24, 2.45) is 21.3 Å². The average molecular weight is 233 g/mol. The molecule has 17 heavy (non-hydrogen) atoms. The van der Waals surface area contributed by atoms with Crippen LogP contribution in [-0.2, 0) is 4.79 Å². The van der Waals surface area contributed by atoms with Gasteiger partial charge in [-0.05, 0) is 25.9 Å². The molecule has 0 aromatic rings. The van der Waals surface area contributed by atoms with E-state index in [1.54, 1.807) is 0 Å². The minimum absolute atomic E-state index is 0.0222. The Bertz CT molecular complexity index is 433. The number of nitrogens with zero attached hydrogens (tertiary/aromatic N) is 2. The third-order valence-corrected chi connectivity index (χ3v) is 3.98. The lowest BCUT2D eigenvalue weighted by molar-refractivity contribution is -0.132. The van der Waals surface area contributed by atoms with E-state index in [9.17, 15) is 4.79 Å². The first-order valence-corrected chi connectivity index (χ1v) is 5.95. The lowest BCUT2D eigenvalue weighted by Gasteiger charge is -2.37. The molecule has 0 radical (unpaired) electrons. The molecule has 3 heterocycles. The summed E-state index contributed by atoms with van der Waals surface area (Å²) in [5.74, 6) is -0.774. The normalized spacial score (nSPS) is 33.5. The molecule has 2 atom stereocenters. The van der Waals surface area contributed by atoms with Gasteiger partial charge in [-0.25, -0.2) is 4.79 Å². The standard InChI is InChI=1S/C12H15N3O2/c16-11(17)8-5-9-10(14-6-8)15-7-12(9)1-3-13-4-2-12/h5-7,9-10,13H,1-4H2,(H,16,17). The molecule has 2 unspecified atom stereocenters. The van der Waals surface area contributed by atoms with Crippen molar-refractivity contribution in [1.82, 2.24) is 5.32 Å². The number of rotatable bonds is 1. The van der Waals surface area contributed by atoms with Crippen LogP contribution in [0, 0.1) is 11.3 Å². The summed E-state index contributed by atoms with van der Waals surface area (Å²) in [6, 6.07) is 0. The zero-order valence-electron chi connectivity index (χ0n) is 9.47. The van der Waals surface area contributed by atoms with Crippen molar-refractivity contribution in [2.45, 2.75) is 19.0 Å². The van der Waals surface area contributed by atoms with Crippen LogP contribution < -0.4 is 5.32 Å². The molecule has 1 saturated heterocycles. The van der Waals surface area contributed by atoms with Gasteiger partial charge >= 0.3 is 5.97 Å². The van der Waals surface area contributed by atoms with Crippen molar-refractivity contribution in [3.63, 3.8) is 0 Å². The number of hydrogen-bond donors (Lipinski definition) is 2. The monoisotopic (exact) mass is 233 g/mol. The highest BCUT2D eigenvalue weighted by atomic mass is 16.4. The summed E-state index contributed by atoms with van der Waals surface area (Å²) in [6.07, 6.45) is 7.21. The number of carboxylic acids is 1. The first-order valence-electron chi connectivity index (χ1n) is 5.95. The van der Waals surface area contributed by atoms with Gasteiger partial charge in [-0.2, -0.15) is 0 Å². The lowest BCUT2D eigenvalue weighted by atomic mass is 9.69. The second-order valence-electron chi connectivity index (χ2n) is 4.91. The number of fused-ring (bicyclic) bond motifs is 2. The van der Waals surface area contributed by atoms with Gasteiger partial charge in [-0.15, -0.1) is 0 Å². The molecule has 3 rings (SSSR count). The first kappa shape index (κ1) is 10.7. The molecule has 1 fully saturated rings. The highest BCUT2D eigenvalue weighted by Gasteiger charge is 2.46. The highest BCUT2D eigenvalue weighted by molar-refractivity contribution is 6.09. The van der Waals surface area contributed by atoms with Gasteiger partial charge in [0.2, 0.25) is 0 Å². The number of nitrogens with one attached hydrogen (secondary N) is 1. The van der Waals surface area contributed by atoms with E-state index in [1.807, 2.05) is 12.3 Å². The van der Waals surface area contributed by atoms with Gasteiger partial charge in [0.05, 0.1) is 5.57 Å². The van der Waals surface area contributed by atoms with Crippen LogP contribution in [0.1, 0.15) is 12.8 Å². The Labute approximate surface area is 99.3 Å². The molecular formula is C12H15N3O2. The fourth-order valence-electron chi connectivity index (χ4n) is 2.96. The molecule has 0 saturated carbocycles. The van der Waals surface area contributed by atoms with E-state index in [0.29, 0.717) is 5.57 Å². The van der Waals surface area contributed by atoms with E-state index < -0.39 is 5.97 Å². The van der Waals surface area contributed by atoms with E-state index >= 15 is 0 Å². The Morgan fingerprint density at radius 3 is 2.88 bits per heavy atom. The van der Waals surface area contributed by atoms with Gasteiger partial charge < -0.3 is 10.4 Å². The SMILES string of the molecule is O=C(O)C1=CC2C(N=C1)N=CC21CCNCC1. The summed E-state index contributed by atoms with van der Waals surface area (Å²) in [5, 5.41) is 12.4. The Morgan fingerprint density at radius 1 is 1.41 bits per heavy atom. The maximum atomic E-state index is 11.0. The number of hydrogen-bond acceptors (Lipinski definition) is 4. The van der Waals surface area contributed by atoms with Crippen LogP contribution in [0.4, 0.5) is 0 Å². The molecule has 0 aliphatic carbocycles. The molecule has 0 bridgehead atoms. The lowest BCUT2D eigenvalue weighted by Crippen LogP contribution is -2.42. The van der Waals surface area contributed by atoms with Crippen molar-refractivity contribution in [3.8, 4) is 0 Å². The van der Waals surface area contributed by atoms with Gasteiger partial charge in [0, 0.05) is 23.8 Å². The number of aliphatic carboxylic acids is 1. The molecule has 1 spiro atoms. The maximum Gasteiger partial charge on any atom is 0.336 e. The number of carboxylic acid groups (broad SMARTS) is 1. The molecule has 3 aliphatic heterocycles. The topological polar surface area (TPSA) is 74.0 Å². The third-order valence-electron chi connectivity index (χ3n) is 3.98. The molecule has 3 aliphatic rings. The highest BCUT2D eigenvalue weighted by Crippen LogP contribution is 2.45. The van der Waals surface area contributed by atoms with Gasteiger partial charge in [-0.1, -0.05) is 6.08 Å². The van der Waals surface area contributed by atoms with Crippen LogP contribution in [-0.4, -0.2) is 42.8 Å². The van der Waals surface area contributed by atoms with Crippen molar-refractivity contribution in [3.05, 3.63) is 11.6 Å². The molecule has 0 amide bonds. The van der Waals surface area contributed by atoms with Crippen LogP contribution in [0.5, 0.6) is 0 Å². The molecule has 0 aromatic heterocycles. The Kier molecular flexibility index (Phi) is 2.36. The summed E-state index contributed by atoms with van der Waals surface area (Å²) in [5.41, 5.74) is 0.323. The fourth-order valence-corrected chi connectivity index (χ4v) is 2.96. The van der Waals surface area contributed by atoms with Gasteiger partial charge in [0.1, 0.15) is 6.17 Å².